The number of rotatable bonds is 4. The Morgan fingerprint density at radius 3 is 2.89 bits per heavy atom. The summed E-state index contributed by atoms with van der Waals surface area (Å²) in [6, 6.07) is 7.59. The highest BCUT2D eigenvalue weighted by atomic mass is 16.6. The lowest BCUT2D eigenvalue weighted by Gasteiger charge is -2.05. The van der Waals surface area contributed by atoms with Crippen LogP contribution in [0.4, 0.5) is 0 Å². The van der Waals surface area contributed by atoms with Gasteiger partial charge in [-0.25, -0.2) is 0 Å². The molecule has 6 heteroatoms. The molecule has 96 valence electrons. The normalized spacial score (nSPS) is 19.3. The monoisotopic (exact) mass is 249 g/mol. The van der Waals surface area contributed by atoms with Gasteiger partial charge in [-0.15, -0.1) is 0 Å². The van der Waals surface area contributed by atoms with Crippen LogP contribution in [0.3, 0.4) is 0 Å². The Labute approximate surface area is 105 Å². The van der Waals surface area contributed by atoms with Gasteiger partial charge in [0.25, 0.3) is 0 Å². The molecule has 1 atom stereocenters. The molecule has 3 N–H and O–H groups in total. The predicted molar refractivity (Wildman–Crippen MR) is 67.0 cm³/mol. The van der Waals surface area contributed by atoms with E-state index in [4.69, 9.17) is 20.5 Å². The number of hydrogen-bond donors (Lipinski definition) is 2. The molecule has 0 saturated heterocycles. The summed E-state index contributed by atoms with van der Waals surface area (Å²) >= 11 is 0. The number of ether oxygens (including phenoxy) is 1. The minimum absolute atomic E-state index is 0.145. The third-order valence-corrected chi connectivity index (χ3v) is 2.72. The van der Waals surface area contributed by atoms with Gasteiger partial charge in [0, 0.05) is 12.8 Å². The maximum absolute atomic E-state index is 8.49. The van der Waals surface area contributed by atoms with Crippen molar-refractivity contribution in [3.8, 4) is 5.75 Å². The zero-order valence-electron chi connectivity index (χ0n) is 10.0. The Morgan fingerprint density at radius 1 is 1.56 bits per heavy atom. The summed E-state index contributed by atoms with van der Waals surface area (Å²) in [7, 11) is 1.62. The fourth-order valence-corrected chi connectivity index (χ4v) is 1.77. The van der Waals surface area contributed by atoms with Crippen molar-refractivity contribution in [1.29, 1.82) is 0 Å². The number of hydrogen-bond acceptors (Lipinski definition) is 5. The molecular formula is C12H15N3O3. The third kappa shape index (κ3) is 2.71. The van der Waals surface area contributed by atoms with Crippen LogP contribution < -0.4 is 10.5 Å². The van der Waals surface area contributed by atoms with Gasteiger partial charge in [0.05, 0.1) is 12.8 Å². The average molecular weight is 249 g/mol. The second-order valence-corrected chi connectivity index (χ2v) is 3.99. The molecule has 0 amide bonds. The summed E-state index contributed by atoms with van der Waals surface area (Å²) in [4.78, 5) is 5.23. The van der Waals surface area contributed by atoms with Gasteiger partial charge in [0.2, 0.25) is 0 Å². The topological polar surface area (TPSA) is 89.4 Å². The van der Waals surface area contributed by atoms with Crippen LogP contribution in [0.5, 0.6) is 5.75 Å². The highest BCUT2D eigenvalue weighted by molar-refractivity contribution is 6.01. The van der Waals surface area contributed by atoms with E-state index in [-0.39, 0.29) is 11.9 Å². The molecule has 1 aliphatic rings. The van der Waals surface area contributed by atoms with Crippen LogP contribution in [0, 0.1) is 0 Å². The van der Waals surface area contributed by atoms with E-state index in [9.17, 15) is 0 Å². The van der Waals surface area contributed by atoms with Gasteiger partial charge < -0.3 is 20.5 Å². The molecular weight excluding hydrogens is 234 g/mol. The minimum Gasteiger partial charge on any atom is -0.497 e. The molecule has 1 unspecified atom stereocenters. The summed E-state index contributed by atoms with van der Waals surface area (Å²) in [6.07, 6.45) is 0.834. The van der Waals surface area contributed by atoms with Crippen molar-refractivity contribution in [2.75, 3.05) is 7.11 Å². The largest absolute Gasteiger partial charge is 0.497 e. The fourth-order valence-electron chi connectivity index (χ4n) is 1.77. The first-order valence-electron chi connectivity index (χ1n) is 5.56. The van der Waals surface area contributed by atoms with E-state index in [0.29, 0.717) is 12.8 Å². The summed E-state index contributed by atoms with van der Waals surface area (Å²) in [6.45, 7) is 0. The van der Waals surface area contributed by atoms with Crippen LogP contribution in [0.15, 0.2) is 34.6 Å². The zero-order chi connectivity index (χ0) is 13.0. The smallest absolute Gasteiger partial charge is 0.142 e. The Balaban J connectivity index is 1.99. The van der Waals surface area contributed by atoms with E-state index in [0.717, 1.165) is 17.0 Å². The van der Waals surface area contributed by atoms with Gasteiger partial charge in [-0.3, -0.25) is 0 Å². The number of nitrogens with two attached hydrogens (primary N) is 1. The lowest BCUT2D eigenvalue weighted by Crippen LogP contribution is -2.20. The molecule has 2 rings (SSSR count). The lowest BCUT2D eigenvalue weighted by molar-refractivity contribution is 0.0901. The van der Waals surface area contributed by atoms with Crippen molar-refractivity contribution < 1.29 is 14.8 Å². The second kappa shape index (κ2) is 5.39. The van der Waals surface area contributed by atoms with E-state index in [1.54, 1.807) is 7.11 Å². The summed E-state index contributed by atoms with van der Waals surface area (Å²) < 4.78 is 5.09. The maximum Gasteiger partial charge on any atom is 0.142 e. The Kier molecular flexibility index (Phi) is 3.66. The van der Waals surface area contributed by atoms with Crippen molar-refractivity contribution in [3.05, 3.63) is 29.8 Å². The molecule has 1 heterocycles. The van der Waals surface area contributed by atoms with Crippen LogP contribution >= 0.6 is 0 Å². The number of oxime groups is 2. The van der Waals surface area contributed by atoms with E-state index < -0.39 is 0 Å². The maximum atomic E-state index is 8.49. The Bertz CT molecular complexity index is 468. The first kappa shape index (κ1) is 12.2. The van der Waals surface area contributed by atoms with Gasteiger partial charge >= 0.3 is 0 Å². The zero-order valence-corrected chi connectivity index (χ0v) is 10.0. The molecule has 1 aromatic rings. The molecule has 18 heavy (non-hydrogen) atoms. The van der Waals surface area contributed by atoms with Crippen molar-refractivity contribution >= 4 is 11.5 Å². The van der Waals surface area contributed by atoms with Crippen molar-refractivity contribution in [2.24, 2.45) is 16.0 Å². The predicted octanol–water partition coefficient (Wildman–Crippen LogP) is 1.32. The van der Waals surface area contributed by atoms with Crippen LogP contribution in [-0.2, 0) is 4.84 Å². The minimum atomic E-state index is -0.169. The summed E-state index contributed by atoms with van der Waals surface area (Å²) in [5.41, 5.74) is 7.27. The molecule has 0 aliphatic carbocycles. The molecule has 1 aliphatic heterocycles. The van der Waals surface area contributed by atoms with Crippen LogP contribution in [0.1, 0.15) is 18.4 Å². The van der Waals surface area contributed by atoms with Gasteiger partial charge in [-0.2, -0.15) is 0 Å². The van der Waals surface area contributed by atoms with Gasteiger partial charge in [-0.1, -0.05) is 10.3 Å². The molecule has 0 aromatic heterocycles. The Hall–Kier alpha value is -2.24. The third-order valence-electron chi connectivity index (χ3n) is 2.72. The molecule has 0 radical (unpaired) electrons. The SMILES string of the molecule is COc1ccc(C2=NOC(C/C(N)=N/O)C2)cc1. The van der Waals surface area contributed by atoms with Crippen molar-refractivity contribution in [2.45, 2.75) is 18.9 Å². The quantitative estimate of drug-likeness (QED) is 0.364. The molecule has 0 saturated carbocycles. The van der Waals surface area contributed by atoms with E-state index in [1.165, 1.54) is 0 Å². The number of amidine groups is 1. The average Bonchev–Trinajstić information content (AvgIpc) is 2.87. The first-order valence-corrected chi connectivity index (χ1v) is 5.56. The van der Waals surface area contributed by atoms with Crippen LogP contribution in [-0.4, -0.2) is 30.0 Å². The fraction of sp³-hybridized carbons (Fsp3) is 0.333. The van der Waals surface area contributed by atoms with Gasteiger partial charge in [0.1, 0.15) is 17.7 Å². The molecule has 6 nitrogen and oxygen atoms in total. The number of benzene rings is 1. The number of methoxy groups -OCH3 is 1. The second-order valence-electron chi connectivity index (χ2n) is 3.99. The molecule has 1 aromatic carbocycles. The lowest BCUT2D eigenvalue weighted by atomic mass is 10.0. The van der Waals surface area contributed by atoms with Crippen molar-refractivity contribution in [1.82, 2.24) is 0 Å². The van der Waals surface area contributed by atoms with E-state index >= 15 is 0 Å². The first-order chi connectivity index (χ1) is 8.72. The van der Waals surface area contributed by atoms with Crippen LogP contribution in [0.2, 0.25) is 0 Å². The Morgan fingerprint density at radius 2 is 2.28 bits per heavy atom. The summed E-state index contributed by atoms with van der Waals surface area (Å²) in [5, 5.41) is 15.4. The van der Waals surface area contributed by atoms with Gasteiger partial charge in [0.15, 0.2) is 0 Å². The van der Waals surface area contributed by atoms with Crippen LogP contribution in [0.25, 0.3) is 0 Å². The molecule has 0 fully saturated rings. The summed E-state index contributed by atoms with van der Waals surface area (Å²) in [5.74, 6) is 0.942. The number of nitrogens with zero attached hydrogens (tertiary/aromatic N) is 2. The van der Waals surface area contributed by atoms with Crippen molar-refractivity contribution in [3.63, 3.8) is 0 Å². The van der Waals surface area contributed by atoms with E-state index in [2.05, 4.69) is 10.3 Å². The highest BCUT2D eigenvalue weighted by Gasteiger charge is 2.23. The highest BCUT2D eigenvalue weighted by Crippen LogP contribution is 2.20. The standard InChI is InChI=1S/C12H15N3O3/c1-17-9-4-2-8(3-5-9)11-6-10(18-15-11)7-12(13)14-16/h2-5,10,16H,6-7H2,1H3,(H2,13,14). The molecule has 0 spiro atoms. The molecule has 0 bridgehead atoms. The van der Waals surface area contributed by atoms with Gasteiger partial charge in [-0.05, 0) is 29.8 Å². The van der Waals surface area contributed by atoms with E-state index in [1.807, 2.05) is 24.3 Å².